The molecule has 1 atom stereocenters. The van der Waals surface area contributed by atoms with Crippen LogP contribution in [0.2, 0.25) is 0 Å². The van der Waals surface area contributed by atoms with Crippen LogP contribution in [0.5, 0.6) is 0 Å². The van der Waals surface area contributed by atoms with Crippen LogP contribution in [0, 0.1) is 18.7 Å². The molecule has 2 heteroatoms. The molecule has 0 spiro atoms. The molecule has 0 fully saturated rings. The third-order valence-corrected chi connectivity index (χ3v) is 4.14. The largest absolute Gasteiger partial charge is 0.358 e. The maximum atomic E-state index is 13.5. The second kappa shape index (κ2) is 3.86. The average Bonchev–Trinajstić information content (AvgIpc) is 2.67. The molecule has 1 aliphatic carbocycles. The average molecular weight is 231 g/mol. The molecule has 2 aromatic rings. The van der Waals surface area contributed by atoms with Gasteiger partial charge in [-0.25, -0.2) is 4.39 Å². The second-order valence-corrected chi connectivity index (χ2v) is 5.24. The molecule has 0 radical (unpaired) electrons. The molecular weight excluding hydrogens is 213 g/mol. The van der Waals surface area contributed by atoms with E-state index in [1.54, 1.807) is 12.1 Å². The van der Waals surface area contributed by atoms with Crippen molar-refractivity contribution in [1.29, 1.82) is 0 Å². The molecule has 0 amide bonds. The Morgan fingerprint density at radius 2 is 2.24 bits per heavy atom. The molecule has 1 N–H and O–H groups in total. The van der Waals surface area contributed by atoms with Crippen LogP contribution >= 0.6 is 0 Å². The smallest absolute Gasteiger partial charge is 0.124 e. The van der Waals surface area contributed by atoms with Crippen LogP contribution in [0.15, 0.2) is 12.1 Å². The lowest BCUT2D eigenvalue weighted by molar-refractivity contribution is 0.444. The highest BCUT2D eigenvalue weighted by atomic mass is 19.1. The first-order chi connectivity index (χ1) is 8.19. The van der Waals surface area contributed by atoms with Crippen LogP contribution in [-0.4, -0.2) is 4.98 Å². The number of fused-ring (bicyclic) bond motifs is 3. The molecule has 1 nitrogen and oxygen atoms in total. The molecule has 3 rings (SSSR count). The lowest BCUT2D eigenvalue weighted by Gasteiger charge is -2.20. The Morgan fingerprint density at radius 1 is 1.41 bits per heavy atom. The number of nitrogens with one attached hydrogen (secondary N) is 1. The van der Waals surface area contributed by atoms with E-state index in [2.05, 4.69) is 11.9 Å². The van der Waals surface area contributed by atoms with Gasteiger partial charge in [-0.15, -0.1) is 0 Å². The van der Waals surface area contributed by atoms with Gasteiger partial charge in [0.15, 0.2) is 0 Å². The van der Waals surface area contributed by atoms with Crippen molar-refractivity contribution in [1.82, 2.24) is 4.98 Å². The molecular formula is C15H18FN. The summed E-state index contributed by atoms with van der Waals surface area (Å²) in [6, 6.07) is 3.30. The lowest BCUT2D eigenvalue weighted by atomic mass is 9.85. The minimum atomic E-state index is -0.115. The van der Waals surface area contributed by atoms with Gasteiger partial charge in [-0.05, 0) is 55.4 Å². The van der Waals surface area contributed by atoms with E-state index in [1.165, 1.54) is 24.1 Å². The Kier molecular flexibility index (Phi) is 2.46. The van der Waals surface area contributed by atoms with Crippen LogP contribution in [0.25, 0.3) is 10.9 Å². The van der Waals surface area contributed by atoms with E-state index < -0.39 is 0 Å². The summed E-state index contributed by atoms with van der Waals surface area (Å²) in [4.78, 5) is 3.49. The molecule has 1 heterocycles. The Bertz CT molecular complexity index is 568. The van der Waals surface area contributed by atoms with Crippen LogP contribution in [0.1, 0.15) is 36.6 Å². The summed E-state index contributed by atoms with van der Waals surface area (Å²) >= 11 is 0. The van der Waals surface area contributed by atoms with Gasteiger partial charge in [0.05, 0.1) is 0 Å². The summed E-state index contributed by atoms with van der Waals surface area (Å²) in [7, 11) is 0. The zero-order valence-corrected chi connectivity index (χ0v) is 10.4. The van der Waals surface area contributed by atoms with E-state index in [0.29, 0.717) is 0 Å². The van der Waals surface area contributed by atoms with E-state index in [0.717, 1.165) is 35.2 Å². The summed E-state index contributed by atoms with van der Waals surface area (Å²) in [5.74, 6) is 0.653. The number of H-pyrrole nitrogens is 1. The number of hydrogen-bond donors (Lipinski definition) is 1. The molecule has 1 aromatic heterocycles. The van der Waals surface area contributed by atoms with E-state index in [9.17, 15) is 4.39 Å². The minimum Gasteiger partial charge on any atom is -0.358 e. The monoisotopic (exact) mass is 231 g/mol. The molecule has 1 unspecified atom stereocenters. The van der Waals surface area contributed by atoms with Gasteiger partial charge in [0.25, 0.3) is 0 Å². The van der Waals surface area contributed by atoms with Gasteiger partial charge >= 0.3 is 0 Å². The number of aryl methyl sites for hydroxylation is 2. The lowest BCUT2D eigenvalue weighted by Crippen LogP contribution is -2.12. The quantitative estimate of drug-likeness (QED) is 0.759. The zero-order valence-electron chi connectivity index (χ0n) is 10.4. The fourth-order valence-corrected chi connectivity index (χ4v) is 3.07. The summed E-state index contributed by atoms with van der Waals surface area (Å²) in [6.07, 6.45) is 4.70. The summed E-state index contributed by atoms with van der Waals surface area (Å²) < 4.78 is 13.5. The van der Waals surface area contributed by atoms with Crippen LogP contribution in [-0.2, 0) is 12.8 Å². The van der Waals surface area contributed by atoms with E-state index >= 15 is 0 Å². The van der Waals surface area contributed by atoms with Gasteiger partial charge in [0, 0.05) is 16.6 Å². The van der Waals surface area contributed by atoms with E-state index in [-0.39, 0.29) is 5.82 Å². The number of halogens is 1. The molecule has 0 bridgehead atoms. The van der Waals surface area contributed by atoms with Gasteiger partial charge < -0.3 is 4.98 Å². The Labute approximate surface area is 101 Å². The summed E-state index contributed by atoms with van der Waals surface area (Å²) in [6.45, 7) is 4.22. The van der Waals surface area contributed by atoms with Crippen molar-refractivity contribution in [3.05, 3.63) is 34.8 Å². The molecule has 0 saturated carbocycles. The standard InChI is InChI=1S/C15H18FN/c1-3-10-4-5-14-12(7-10)13-8-11(16)6-9(2)15(13)17-14/h6,8,10,17H,3-5,7H2,1-2H3. The molecule has 17 heavy (non-hydrogen) atoms. The maximum absolute atomic E-state index is 13.5. The minimum absolute atomic E-state index is 0.115. The van der Waals surface area contributed by atoms with Gasteiger partial charge in [0.2, 0.25) is 0 Å². The second-order valence-electron chi connectivity index (χ2n) is 5.24. The van der Waals surface area contributed by atoms with Crippen LogP contribution in [0.3, 0.4) is 0 Å². The van der Waals surface area contributed by atoms with Crippen molar-refractivity contribution < 1.29 is 4.39 Å². The van der Waals surface area contributed by atoms with Crippen LogP contribution in [0.4, 0.5) is 4.39 Å². The molecule has 0 saturated heterocycles. The van der Waals surface area contributed by atoms with E-state index in [1.807, 2.05) is 6.92 Å². The van der Waals surface area contributed by atoms with Crippen LogP contribution < -0.4 is 0 Å². The predicted octanol–water partition coefficient (Wildman–Crippen LogP) is 4.13. The zero-order chi connectivity index (χ0) is 12.0. The van der Waals surface area contributed by atoms with Crippen molar-refractivity contribution in [2.75, 3.05) is 0 Å². The highest BCUT2D eigenvalue weighted by Crippen LogP contribution is 2.34. The Hall–Kier alpha value is -1.31. The fourth-order valence-electron chi connectivity index (χ4n) is 3.07. The van der Waals surface area contributed by atoms with Gasteiger partial charge in [-0.1, -0.05) is 13.3 Å². The first-order valence-electron chi connectivity index (χ1n) is 6.48. The SMILES string of the molecule is CCC1CCc2[nH]c3c(C)cc(F)cc3c2C1. The first-order valence-corrected chi connectivity index (χ1v) is 6.48. The maximum Gasteiger partial charge on any atom is 0.124 e. The van der Waals surface area contributed by atoms with Gasteiger partial charge in [-0.2, -0.15) is 0 Å². The fraction of sp³-hybridized carbons (Fsp3) is 0.467. The van der Waals surface area contributed by atoms with E-state index in [4.69, 9.17) is 0 Å². The third-order valence-electron chi connectivity index (χ3n) is 4.14. The van der Waals surface area contributed by atoms with Crippen molar-refractivity contribution in [3.8, 4) is 0 Å². The topological polar surface area (TPSA) is 15.8 Å². The normalized spacial score (nSPS) is 19.6. The van der Waals surface area contributed by atoms with Crippen molar-refractivity contribution in [3.63, 3.8) is 0 Å². The number of aromatic nitrogens is 1. The summed E-state index contributed by atoms with van der Waals surface area (Å²) in [5, 5.41) is 1.11. The molecule has 1 aliphatic rings. The number of hydrogen-bond acceptors (Lipinski definition) is 0. The Balaban J connectivity index is 2.20. The predicted molar refractivity (Wildman–Crippen MR) is 68.8 cm³/mol. The van der Waals surface area contributed by atoms with Gasteiger partial charge in [-0.3, -0.25) is 0 Å². The van der Waals surface area contributed by atoms with Crippen molar-refractivity contribution in [2.45, 2.75) is 39.5 Å². The first kappa shape index (κ1) is 10.8. The number of benzene rings is 1. The third kappa shape index (κ3) is 1.67. The van der Waals surface area contributed by atoms with Gasteiger partial charge in [0.1, 0.15) is 5.82 Å². The highest BCUT2D eigenvalue weighted by Gasteiger charge is 2.22. The molecule has 90 valence electrons. The number of rotatable bonds is 1. The molecule has 1 aromatic carbocycles. The van der Waals surface area contributed by atoms with Crippen molar-refractivity contribution in [2.24, 2.45) is 5.92 Å². The number of aromatic amines is 1. The van der Waals surface area contributed by atoms with Crippen molar-refractivity contribution >= 4 is 10.9 Å². The highest BCUT2D eigenvalue weighted by molar-refractivity contribution is 5.87. The molecule has 0 aliphatic heterocycles. The summed E-state index contributed by atoms with van der Waals surface area (Å²) in [5.41, 5.74) is 4.84. The Morgan fingerprint density at radius 3 is 3.00 bits per heavy atom.